The van der Waals surface area contributed by atoms with Crippen molar-refractivity contribution in [2.24, 2.45) is 0 Å². The SMILES string of the molecule is COc1ccc(CNC(=O)c2cnc(Nc3ccc(Cl)cc3C)nc2)cc1. The standard InChI is InChI=1S/C20H19ClN4O2/c1-13-9-16(21)5-8-18(13)25-20-23-11-15(12-24-20)19(26)22-10-14-3-6-17(27-2)7-4-14/h3-9,11-12H,10H2,1-2H3,(H,22,26)(H,23,24,25). The second kappa shape index (κ2) is 8.51. The number of anilines is 2. The molecule has 6 nitrogen and oxygen atoms in total. The Bertz CT molecular complexity index is 928. The minimum Gasteiger partial charge on any atom is -0.497 e. The van der Waals surface area contributed by atoms with Gasteiger partial charge in [0.25, 0.3) is 5.91 Å². The molecule has 0 radical (unpaired) electrons. The fraction of sp³-hybridized carbons (Fsp3) is 0.150. The van der Waals surface area contributed by atoms with E-state index in [0.29, 0.717) is 23.1 Å². The fourth-order valence-corrected chi connectivity index (χ4v) is 2.65. The van der Waals surface area contributed by atoms with Crippen LogP contribution in [-0.2, 0) is 6.54 Å². The van der Waals surface area contributed by atoms with Crippen LogP contribution in [0.4, 0.5) is 11.6 Å². The largest absolute Gasteiger partial charge is 0.497 e. The quantitative estimate of drug-likeness (QED) is 0.670. The third-order valence-corrected chi connectivity index (χ3v) is 4.20. The summed E-state index contributed by atoms with van der Waals surface area (Å²) in [4.78, 5) is 20.7. The molecule has 1 amide bonds. The molecule has 27 heavy (non-hydrogen) atoms. The number of benzene rings is 2. The van der Waals surface area contributed by atoms with Gasteiger partial charge in [0.05, 0.1) is 12.7 Å². The molecular formula is C20H19ClN4O2. The van der Waals surface area contributed by atoms with Gasteiger partial charge in [-0.05, 0) is 48.4 Å². The minimum absolute atomic E-state index is 0.236. The van der Waals surface area contributed by atoms with Crippen molar-refractivity contribution < 1.29 is 9.53 Å². The average Bonchev–Trinajstić information content (AvgIpc) is 2.69. The van der Waals surface area contributed by atoms with Crippen molar-refractivity contribution in [3.8, 4) is 5.75 Å². The predicted molar refractivity (Wildman–Crippen MR) is 106 cm³/mol. The number of aromatic nitrogens is 2. The highest BCUT2D eigenvalue weighted by Crippen LogP contribution is 2.21. The highest BCUT2D eigenvalue weighted by atomic mass is 35.5. The van der Waals surface area contributed by atoms with Crippen LogP contribution in [0.25, 0.3) is 0 Å². The van der Waals surface area contributed by atoms with Crippen LogP contribution in [0, 0.1) is 6.92 Å². The lowest BCUT2D eigenvalue weighted by molar-refractivity contribution is 0.0950. The van der Waals surface area contributed by atoms with Gasteiger partial charge in [-0.15, -0.1) is 0 Å². The van der Waals surface area contributed by atoms with E-state index >= 15 is 0 Å². The molecule has 0 saturated heterocycles. The molecule has 0 atom stereocenters. The number of rotatable bonds is 6. The Morgan fingerprint density at radius 1 is 1.11 bits per heavy atom. The molecular weight excluding hydrogens is 364 g/mol. The lowest BCUT2D eigenvalue weighted by Gasteiger charge is -2.09. The van der Waals surface area contributed by atoms with Crippen molar-refractivity contribution in [1.82, 2.24) is 15.3 Å². The smallest absolute Gasteiger partial charge is 0.254 e. The van der Waals surface area contributed by atoms with Crippen LogP contribution in [0.1, 0.15) is 21.5 Å². The van der Waals surface area contributed by atoms with Crippen molar-refractivity contribution in [1.29, 1.82) is 0 Å². The summed E-state index contributed by atoms with van der Waals surface area (Å²) in [5.41, 5.74) is 3.20. The summed E-state index contributed by atoms with van der Waals surface area (Å²) in [6, 6.07) is 13.0. The van der Waals surface area contributed by atoms with Crippen molar-refractivity contribution in [2.75, 3.05) is 12.4 Å². The van der Waals surface area contributed by atoms with E-state index in [1.807, 2.05) is 43.3 Å². The summed E-state index contributed by atoms with van der Waals surface area (Å²) in [6.07, 6.45) is 2.98. The van der Waals surface area contributed by atoms with Crippen LogP contribution >= 0.6 is 11.6 Å². The number of amides is 1. The Morgan fingerprint density at radius 3 is 2.44 bits per heavy atom. The van der Waals surface area contributed by atoms with E-state index in [1.54, 1.807) is 13.2 Å². The first kappa shape index (κ1) is 18.7. The molecule has 3 rings (SSSR count). The number of hydrogen-bond acceptors (Lipinski definition) is 5. The third kappa shape index (κ3) is 4.95. The van der Waals surface area contributed by atoms with Gasteiger partial charge in [0.1, 0.15) is 5.75 Å². The van der Waals surface area contributed by atoms with Crippen LogP contribution in [0.3, 0.4) is 0 Å². The molecule has 0 saturated carbocycles. The first-order chi connectivity index (χ1) is 13.0. The van der Waals surface area contributed by atoms with Gasteiger partial charge in [-0.1, -0.05) is 23.7 Å². The molecule has 3 aromatic rings. The van der Waals surface area contributed by atoms with Crippen LogP contribution in [0.2, 0.25) is 5.02 Å². The summed E-state index contributed by atoms with van der Waals surface area (Å²) in [6.45, 7) is 2.35. The van der Waals surface area contributed by atoms with Crippen molar-refractivity contribution in [3.05, 3.63) is 76.6 Å². The number of ether oxygens (including phenoxy) is 1. The molecule has 2 aromatic carbocycles. The maximum atomic E-state index is 12.3. The molecule has 0 aliphatic rings. The highest BCUT2D eigenvalue weighted by Gasteiger charge is 2.08. The Morgan fingerprint density at radius 2 is 1.81 bits per heavy atom. The second-order valence-corrected chi connectivity index (χ2v) is 6.35. The number of hydrogen-bond donors (Lipinski definition) is 2. The third-order valence-electron chi connectivity index (χ3n) is 3.96. The highest BCUT2D eigenvalue weighted by molar-refractivity contribution is 6.30. The maximum absolute atomic E-state index is 12.3. The lowest BCUT2D eigenvalue weighted by Crippen LogP contribution is -2.23. The van der Waals surface area contributed by atoms with Gasteiger partial charge < -0.3 is 15.4 Å². The Hall–Kier alpha value is -3.12. The van der Waals surface area contributed by atoms with E-state index in [1.165, 1.54) is 12.4 Å². The molecule has 138 valence electrons. The Labute approximate surface area is 162 Å². The summed E-state index contributed by atoms with van der Waals surface area (Å²) in [7, 11) is 1.61. The van der Waals surface area contributed by atoms with Gasteiger partial charge in [0.2, 0.25) is 5.95 Å². The van der Waals surface area contributed by atoms with E-state index in [4.69, 9.17) is 16.3 Å². The molecule has 1 aromatic heterocycles. The van der Waals surface area contributed by atoms with Gasteiger partial charge >= 0.3 is 0 Å². The van der Waals surface area contributed by atoms with Crippen LogP contribution in [0.5, 0.6) is 5.75 Å². The van der Waals surface area contributed by atoms with Gasteiger partial charge in [-0.25, -0.2) is 9.97 Å². The second-order valence-electron chi connectivity index (χ2n) is 5.91. The van der Waals surface area contributed by atoms with E-state index in [-0.39, 0.29) is 5.91 Å². The number of nitrogens with zero attached hydrogens (tertiary/aromatic N) is 2. The number of carbonyl (C=O) groups excluding carboxylic acids is 1. The molecule has 0 bridgehead atoms. The topological polar surface area (TPSA) is 76.1 Å². The summed E-state index contributed by atoms with van der Waals surface area (Å²) >= 11 is 5.95. The number of methoxy groups -OCH3 is 1. The molecule has 2 N–H and O–H groups in total. The number of aryl methyl sites for hydroxylation is 1. The maximum Gasteiger partial charge on any atom is 0.254 e. The van der Waals surface area contributed by atoms with Gasteiger partial charge in [-0.2, -0.15) is 0 Å². The van der Waals surface area contributed by atoms with Crippen LogP contribution < -0.4 is 15.4 Å². The fourth-order valence-electron chi connectivity index (χ4n) is 2.43. The molecule has 0 aliphatic carbocycles. The molecule has 0 fully saturated rings. The van der Waals surface area contributed by atoms with E-state index in [0.717, 1.165) is 22.6 Å². The number of halogens is 1. The number of carbonyl (C=O) groups is 1. The lowest BCUT2D eigenvalue weighted by atomic mass is 10.2. The van der Waals surface area contributed by atoms with E-state index < -0.39 is 0 Å². The van der Waals surface area contributed by atoms with Crippen molar-refractivity contribution >= 4 is 29.1 Å². The molecule has 0 aliphatic heterocycles. The summed E-state index contributed by atoms with van der Waals surface area (Å²) in [5, 5.41) is 6.62. The van der Waals surface area contributed by atoms with Crippen molar-refractivity contribution in [3.63, 3.8) is 0 Å². The average molecular weight is 383 g/mol. The van der Waals surface area contributed by atoms with Gasteiger partial charge in [0.15, 0.2) is 0 Å². The first-order valence-electron chi connectivity index (χ1n) is 8.31. The van der Waals surface area contributed by atoms with E-state index in [9.17, 15) is 4.79 Å². The minimum atomic E-state index is -0.236. The van der Waals surface area contributed by atoms with Crippen molar-refractivity contribution in [2.45, 2.75) is 13.5 Å². The Kier molecular flexibility index (Phi) is 5.88. The zero-order valence-corrected chi connectivity index (χ0v) is 15.7. The predicted octanol–water partition coefficient (Wildman–Crippen LogP) is 4.12. The monoisotopic (exact) mass is 382 g/mol. The van der Waals surface area contributed by atoms with Crippen LogP contribution in [-0.4, -0.2) is 23.0 Å². The molecule has 0 unspecified atom stereocenters. The summed E-state index contributed by atoms with van der Waals surface area (Å²) < 4.78 is 5.11. The van der Waals surface area contributed by atoms with E-state index in [2.05, 4.69) is 20.6 Å². The Balaban J connectivity index is 1.59. The molecule has 0 spiro atoms. The summed E-state index contributed by atoms with van der Waals surface area (Å²) in [5.74, 6) is 0.949. The molecule has 7 heteroatoms. The normalized spacial score (nSPS) is 10.3. The van der Waals surface area contributed by atoms with Crippen LogP contribution in [0.15, 0.2) is 54.9 Å². The first-order valence-corrected chi connectivity index (χ1v) is 8.69. The zero-order valence-electron chi connectivity index (χ0n) is 15.0. The van der Waals surface area contributed by atoms with Gasteiger partial charge in [-0.3, -0.25) is 4.79 Å². The van der Waals surface area contributed by atoms with Gasteiger partial charge in [0, 0.05) is 29.6 Å². The number of nitrogens with one attached hydrogen (secondary N) is 2. The zero-order chi connectivity index (χ0) is 19.2. The molecule has 1 heterocycles.